The lowest BCUT2D eigenvalue weighted by Gasteiger charge is -2.19. The Hall–Kier alpha value is -0.280. The van der Waals surface area contributed by atoms with E-state index < -0.39 is 11.2 Å². The Labute approximate surface area is 116 Å². The van der Waals surface area contributed by atoms with Gasteiger partial charge in [-0.1, -0.05) is 30.6 Å². The lowest BCUT2D eigenvalue weighted by Crippen LogP contribution is -2.21. The first-order valence-corrected chi connectivity index (χ1v) is 8.55. The summed E-state index contributed by atoms with van der Waals surface area (Å²) in [7, 11) is 0. The monoisotopic (exact) mass is 271 g/mol. The van der Waals surface area contributed by atoms with E-state index in [2.05, 4.69) is 45.7 Å². The molecule has 0 aromatic heterocycles. The number of hydrogen-bond donors (Lipinski definition) is 0. The topological polar surface area (TPSA) is 35.4 Å². The second-order valence-electron chi connectivity index (χ2n) is 5.13. The first-order valence-electron chi connectivity index (χ1n) is 6.93. The van der Waals surface area contributed by atoms with Crippen LogP contribution in [0.3, 0.4) is 0 Å². The summed E-state index contributed by atoms with van der Waals surface area (Å²) >= 11 is -0.703. The number of rotatable bonds is 8. The lowest BCUT2D eigenvalue weighted by atomic mass is 9.96. The van der Waals surface area contributed by atoms with E-state index in [1.165, 1.54) is 11.3 Å². The number of allylic oxidation sites excluding steroid dienone is 2. The molecule has 3 atom stereocenters. The van der Waals surface area contributed by atoms with Gasteiger partial charge in [-0.05, 0) is 52.0 Å². The van der Waals surface area contributed by atoms with Gasteiger partial charge in [0.2, 0.25) is 0 Å². The zero-order valence-corrected chi connectivity index (χ0v) is 13.6. The van der Waals surface area contributed by atoms with Crippen LogP contribution in [-0.4, -0.2) is 28.3 Å². The number of aliphatic imine (C=N–C) groups is 1. The van der Waals surface area contributed by atoms with Crippen molar-refractivity contribution in [2.45, 2.75) is 59.1 Å². The summed E-state index contributed by atoms with van der Waals surface area (Å²) in [6.45, 7) is 11.5. The van der Waals surface area contributed by atoms with E-state index in [-0.39, 0.29) is 0 Å². The molecule has 0 saturated heterocycles. The Kier molecular flexibility index (Phi) is 9.47. The SMILES string of the molecule is CC/N=C(\C=C(C)C)C(C)CC[C@@H](CC)[S+](C)[O-]. The first-order chi connectivity index (χ1) is 8.42. The van der Waals surface area contributed by atoms with Crippen LogP contribution < -0.4 is 0 Å². The van der Waals surface area contributed by atoms with Gasteiger partial charge in [0, 0.05) is 12.3 Å². The largest absolute Gasteiger partial charge is 0.616 e. The standard InChI is InChI=1S/C15H29NOS/c1-7-14(18(6)17)10-9-13(5)15(16-8-2)11-12(3)4/h11,13-14H,7-10H2,1-6H3/b16-15+/t13?,14-,18?/m1/s1. The predicted octanol–water partition coefficient (Wildman–Crippen LogP) is 3.99. The van der Waals surface area contributed by atoms with Gasteiger partial charge in [-0.15, -0.1) is 0 Å². The normalized spacial score (nSPS) is 17.2. The van der Waals surface area contributed by atoms with E-state index in [4.69, 9.17) is 0 Å². The van der Waals surface area contributed by atoms with Crippen molar-refractivity contribution in [2.24, 2.45) is 10.9 Å². The molecule has 106 valence electrons. The summed E-state index contributed by atoms with van der Waals surface area (Å²) in [6.07, 6.45) is 7.09. The van der Waals surface area contributed by atoms with E-state index in [9.17, 15) is 4.55 Å². The maximum atomic E-state index is 11.5. The molecule has 0 rings (SSSR count). The summed E-state index contributed by atoms with van der Waals surface area (Å²) in [5.41, 5.74) is 2.48. The van der Waals surface area contributed by atoms with Crippen molar-refractivity contribution in [3.05, 3.63) is 11.6 Å². The third kappa shape index (κ3) is 7.22. The van der Waals surface area contributed by atoms with Crippen molar-refractivity contribution in [3.63, 3.8) is 0 Å². The molecule has 2 nitrogen and oxygen atoms in total. The Morgan fingerprint density at radius 3 is 2.28 bits per heavy atom. The fourth-order valence-electron chi connectivity index (χ4n) is 2.01. The van der Waals surface area contributed by atoms with Crippen LogP contribution in [0.15, 0.2) is 16.6 Å². The second-order valence-corrected chi connectivity index (χ2v) is 6.79. The van der Waals surface area contributed by atoms with Crippen LogP contribution in [0.25, 0.3) is 0 Å². The molecule has 0 aromatic carbocycles. The molecule has 0 heterocycles. The Morgan fingerprint density at radius 2 is 1.89 bits per heavy atom. The van der Waals surface area contributed by atoms with Crippen LogP contribution >= 0.6 is 0 Å². The van der Waals surface area contributed by atoms with Gasteiger partial charge in [0.15, 0.2) is 0 Å². The molecule has 0 spiro atoms. The minimum Gasteiger partial charge on any atom is -0.616 e. The maximum absolute atomic E-state index is 11.5. The van der Waals surface area contributed by atoms with Crippen molar-refractivity contribution in [1.82, 2.24) is 0 Å². The molecule has 0 bridgehead atoms. The van der Waals surface area contributed by atoms with Gasteiger partial charge in [-0.25, -0.2) is 0 Å². The highest BCUT2D eigenvalue weighted by Crippen LogP contribution is 2.18. The van der Waals surface area contributed by atoms with Gasteiger partial charge in [0.05, 0.1) is 6.26 Å². The molecule has 3 heteroatoms. The molecule has 0 saturated carbocycles. The molecule has 0 aromatic rings. The van der Waals surface area contributed by atoms with Crippen LogP contribution in [0.4, 0.5) is 0 Å². The van der Waals surface area contributed by atoms with Crippen LogP contribution in [0, 0.1) is 5.92 Å². The predicted molar refractivity (Wildman–Crippen MR) is 84.0 cm³/mol. The van der Waals surface area contributed by atoms with Crippen molar-refractivity contribution in [3.8, 4) is 0 Å². The molecule has 0 fully saturated rings. The van der Waals surface area contributed by atoms with Gasteiger partial charge in [0.1, 0.15) is 5.25 Å². The molecule has 18 heavy (non-hydrogen) atoms. The van der Waals surface area contributed by atoms with Gasteiger partial charge in [-0.2, -0.15) is 0 Å². The number of hydrogen-bond acceptors (Lipinski definition) is 2. The fourth-order valence-corrected chi connectivity index (χ4v) is 2.95. The highest BCUT2D eigenvalue weighted by molar-refractivity contribution is 7.91. The van der Waals surface area contributed by atoms with Gasteiger partial charge in [0.25, 0.3) is 0 Å². The summed E-state index contributed by atoms with van der Waals surface area (Å²) in [5, 5.41) is 0.335. The van der Waals surface area contributed by atoms with Crippen molar-refractivity contribution < 1.29 is 4.55 Å². The smallest absolute Gasteiger partial charge is 0.115 e. The van der Waals surface area contributed by atoms with Gasteiger partial charge in [-0.3, -0.25) is 4.99 Å². The van der Waals surface area contributed by atoms with E-state index in [0.717, 1.165) is 25.8 Å². The van der Waals surface area contributed by atoms with Crippen LogP contribution in [0.5, 0.6) is 0 Å². The van der Waals surface area contributed by atoms with Gasteiger partial charge < -0.3 is 4.55 Å². The lowest BCUT2D eigenvalue weighted by molar-refractivity contribution is 0.548. The van der Waals surface area contributed by atoms with Crippen molar-refractivity contribution in [2.75, 3.05) is 12.8 Å². The van der Waals surface area contributed by atoms with Crippen LogP contribution in [0.2, 0.25) is 0 Å². The highest BCUT2D eigenvalue weighted by Gasteiger charge is 2.18. The summed E-state index contributed by atoms with van der Waals surface area (Å²) in [6, 6.07) is 0. The molecule has 0 amide bonds. The second kappa shape index (κ2) is 9.62. The fraction of sp³-hybridized carbons (Fsp3) is 0.800. The van der Waals surface area contributed by atoms with Crippen molar-refractivity contribution >= 4 is 16.9 Å². The molecule has 2 unspecified atom stereocenters. The molecule has 0 aliphatic heterocycles. The van der Waals surface area contributed by atoms with Crippen LogP contribution in [-0.2, 0) is 11.2 Å². The first kappa shape index (κ1) is 17.7. The Balaban J connectivity index is 4.48. The molecule has 0 radical (unpaired) electrons. The van der Waals surface area contributed by atoms with E-state index in [1.807, 2.05) is 6.26 Å². The zero-order valence-electron chi connectivity index (χ0n) is 12.8. The maximum Gasteiger partial charge on any atom is 0.115 e. The minimum atomic E-state index is -0.703. The van der Waals surface area contributed by atoms with E-state index >= 15 is 0 Å². The van der Waals surface area contributed by atoms with Crippen molar-refractivity contribution in [1.29, 1.82) is 0 Å². The third-order valence-electron chi connectivity index (χ3n) is 3.13. The quantitative estimate of drug-likeness (QED) is 0.485. The summed E-state index contributed by atoms with van der Waals surface area (Å²) < 4.78 is 11.5. The third-order valence-corrected chi connectivity index (χ3v) is 4.64. The summed E-state index contributed by atoms with van der Waals surface area (Å²) in [5.74, 6) is 0.456. The van der Waals surface area contributed by atoms with E-state index in [0.29, 0.717) is 11.2 Å². The average Bonchev–Trinajstić information content (AvgIpc) is 2.28. The Bertz CT molecular complexity index is 280. The Morgan fingerprint density at radius 1 is 1.28 bits per heavy atom. The number of nitrogens with zero attached hydrogens (tertiary/aromatic N) is 1. The van der Waals surface area contributed by atoms with E-state index in [1.54, 1.807) is 0 Å². The van der Waals surface area contributed by atoms with Gasteiger partial charge >= 0.3 is 0 Å². The molecule has 0 N–H and O–H groups in total. The molecular formula is C15H29NOS. The molecule has 0 aliphatic rings. The molecule has 0 aliphatic carbocycles. The molecular weight excluding hydrogens is 242 g/mol. The van der Waals surface area contributed by atoms with Crippen LogP contribution in [0.1, 0.15) is 53.9 Å². The minimum absolute atomic E-state index is 0.335. The average molecular weight is 271 g/mol. The zero-order chi connectivity index (χ0) is 14.1. The highest BCUT2D eigenvalue weighted by atomic mass is 32.2. The summed E-state index contributed by atoms with van der Waals surface area (Å²) in [4.78, 5) is 4.58.